The van der Waals surface area contributed by atoms with Gasteiger partial charge in [0, 0.05) is 38.2 Å². The number of fused-ring (bicyclic) bond motifs is 1. The van der Waals surface area contributed by atoms with Crippen LogP contribution in [0.5, 0.6) is 0 Å². The Balaban J connectivity index is 1.88. The summed E-state index contributed by atoms with van der Waals surface area (Å²) in [6.45, 7) is 11.9. The van der Waals surface area contributed by atoms with Gasteiger partial charge in [0.05, 0.1) is 26.1 Å². The smallest absolute Gasteiger partial charge is 0.410 e. The number of nitrogens with zero attached hydrogens (tertiary/aromatic N) is 3. The molecule has 0 saturated heterocycles. The van der Waals surface area contributed by atoms with Crippen LogP contribution in [0.3, 0.4) is 0 Å². The second-order valence-electron chi connectivity index (χ2n) is 11.4. The summed E-state index contributed by atoms with van der Waals surface area (Å²) in [5.74, 6) is 0.0315. The molecule has 0 aliphatic carbocycles. The minimum absolute atomic E-state index is 0.0315. The molecule has 3 rings (SSSR count). The summed E-state index contributed by atoms with van der Waals surface area (Å²) in [5.41, 5.74) is 4.27. The first-order chi connectivity index (χ1) is 17.7. The van der Waals surface area contributed by atoms with Crippen molar-refractivity contribution in [3.63, 3.8) is 0 Å². The molecule has 2 aromatic carbocycles. The highest BCUT2D eigenvalue weighted by molar-refractivity contribution is 5.89. The van der Waals surface area contributed by atoms with Gasteiger partial charge in [-0.15, -0.1) is 0 Å². The molecule has 206 valence electrons. The van der Waals surface area contributed by atoms with E-state index >= 15 is 0 Å². The molecule has 1 N–H and O–H groups in total. The van der Waals surface area contributed by atoms with Crippen molar-refractivity contribution in [1.82, 2.24) is 14.3 Å². The molecular weight excluding hydrogens is 482 g/mol. The van der Waals surface area contributed by atoms with Crippen molar-refractivity contribution >= 4 is 23.8 Å². The number of carbonyl (C=O) groups is 3. The molecule has 2 aromatic rings. The Kier molecular flexibility index (Phi) is 8.56. The van der Waals surface area contributed by atoms with E-state index in [1.165, 1.54) is 4.90 Å². The minimum atomic E-state index is -0.958. The van der Waals surface area contributed by atoms with Crippen LogP contribution < -0.4 is 4.48 Å². The van der Waals surface area contributed by atoms with Gasteiger partial charge in [0.15, 0.2) is 0 Å². The molecule has 1 heterocycles. The van der Waals surface area contributed by atoms with Crippen molar-refractivity contribution in [3.8, 4) is 11.1 Å². The maximum atomic E-state index is 12.8. The van der Waals surface area contributed by atoms with Gasteiger partial charge < -0.3 is 19.6 Å². The molecule has 1 aliphatic rings. The van der Waals surface area contributed by atoms with Gasteiger partial charge in [-0.3, -0.25) is 0 Å². The molecule has 38 heavy (non-hydrogen) atoms. The summed E-state index contributed by atoms with van der Waals surface area (Å²) in [6.07, 6.45) is -0.0404. The second-order valence-corrected chi connectivity index (χ2v) is 11.4. The topological polar surface area (TPSA) is 87.2 Å². The van der Waals surface area contributed by atoms with E-state index in [4.69, 9.17) is 4.74 Å². The number of hydrogen-bond acceptors (Lipinski definition) is 4. The van der Waals surface area contributed by atoms with Crippen molar-refractivity contribution in [3.05, 3.63) is 53.6 Å². The van der Waals surface area contributed by atoms with Gasteiger partial charge in [0.25, 0.3) is 0 Å². The normalized spacial score (nSPS) is 20.8. The molecule has 8 heteroatoms. The van der Waals surface area contributed by atoms with Crippen molar-refractivity contribution in [2.45, 2.75) is 72.1 Å². The van der Waals surface area contributed by atoms with E-state index in [9.17, 15) is 19.5 Å². The average Bonchev–Trinajstić information content (AvgIpc) is 2.84. The standard InChI is InChI=1S/C30H41N3O5/c1-9-32(28(35)36)26-18-20(2)33(8,21(3)34)27-15-14-24(19-25(26)27)23-12-10-22(11-13-23)16-17-31(7)29(37)38-30(4,5)6/h10-15,19-20,26H,9,16-18H2,1-8H3/p+1/t20-,26+,33?/m0/s1. The first-order valence-electron chi connectivity index (χ1n) is 13.2. The first-order valence-corrected chi connectivity index (χ1v) is 13.2. The van der Waals surface area contributed by atoms with Crippen LogP contribution in [-0.2, 0) is 16.0 Å². The Morgan fingerprint density at radius 3 is 2.21 bits per heavy atom. The fraction of sp³-hybridized carbons (Fsp3) is 0.500. The van der Waals surface area contributed by atoms with Crippen LogP contribution in [-0.4, -0.2) is 71.8 Å². The van der Waals surface area contributed by atoms with Gasteiger partial charge in [-0.1, -0.05) is 24.3 Å². The Bertz CT molecular complexity index is 1190. The fourth-order valence-corrected chi connectivity index (χ4v) is 5.18. The molecule has 0 fully saturated rings. The molecule has 3 atom stereocenters. The highest BCUT2D eigenvalue weighted by Gasteiger charge is 2.47. The summed E-state index contributed by atoms with van der Waals surface area (Å²) in [4.78, 5) is 40.1. The van der Waals surface area contributed by atoms with Gasteiger partial charge in [0.1, 0.15) is 11.3 Å². The van der Waals surface area contributed by atoms with Crippen LogP contribution in [0.15, 0.2) is 42.5 Å². The fourth-order valence-electron chi connectivity index (χ4n) is 5.18. The maximum Gasteiger partial charge on any atom is 0.410 e. The summed E-state index contributed by atoms with van der Waals surface area (Å²) >= 11 is 0. The molecule has 1 unspecified atom stereocenters. The number of benzene rings is 2. The Morgan fingerprint density at radius 2 is 1.68 bits per heavy atom. The van der Waals surface area contributed by atoms with Crippen LogP contribution in [0.4, 0.5) is 15.3 Å². The minimum Gasteiger partial charge on any atom is -0.465 e. The Hall–Kier alpha value is -3.39. The van der Waals surface area contributed by atoms with E-state index in [2.05, 4.69) is 0 Å². The predicted molar refractivity (Wildman–Crippen MR) is 150 cm³/mol. The predicted octanol–water partition coefficient (Wildman–Crippen LogP) is 6.08. The zero-order valence-electron chi connectivity index (χ0n) is 23.9. The lowest BCUT2D eigenvalue weighted by Gasteiger charge is -2.45. The van der Waals surface area contributed by atoms with E-state index in [-0.39, 0.29) is 28.6 Å². The summed E-state index contributed by atoms with van der Waals surface area (Å²) in [5, 5.41) is 9.89. The highest BCUT2D eigenvalue weighted by Crippen LogP contribution is 2.45. The van der Waals surface area contributed by atoms with E-state index in [1.54, 1.807) is 18.9 Å². The van der Waals surface area contributed by atoms with Crippen LogP contribution in [0, 0.1) is 0 Å². The lowest BCUT2D eigenvalue weighted by Crippen LogP contribution is -2.60. The van der Waals surface area contributed by atoms with E-state index in [0.717, 1.165) is 27.9 Å². The molecule has 8 nitrogen and oxygen atoms in total. The van der Waals surface area contributed by atoms with Crippen LogP contribution in [0.1, 0.15) is 65.1 Å². The number of quaternary nitrogens is 1. The zero-order chi connectivity index (χ0) is 28.4. The van der Waals surface area contributed by atoms with Crippen LogP contribution in [0.25, 0.3) is 11.1 Å². The summed E-state index contributed by atoms with van der Waals surface area (Å²) in [6, 6.07) is 13.8. The van der Waals surface area contributed by atoms with Crippen molar-refractivity contribution in [2.24, 2.45) is 0 Å². The molecule has 1 aliphatic heterocycles. The number of hydrogen-bond donors (Lipinski definition) is 1. The van der Waals surface area contributed by atoms with Gasteiger partial charge >= 0.3 is 18.1 Å². The summed E-state index contributed by atoms with van der Waals surface area (Å²) in [7, 11) is 3.65. The quantitative estimate of drug-likeness (QED) is 0.463. The number of carboxylic acid groups (broad SMARTS) is 1. The number of carbonyl (C=O) groups excluding carboxylic acids is 2. The molecule has 0 saturated carbocycles. The van der Waals surface area contributed by atoms with Gasteiger partial charge in [0.2, 0.25) is 0 Å². The number of amides is 3. The maximum absolute atomic E-state index is 12.8. The van der Waals surface area contributed by atoms with E-state index < -0.39 is 11.7 Å². The largest absolute Gasteiger partial charge is 0.465 e. The molecule has 0 aromatic heterocycles. The van der Waals surface area contributed by atoms with E-state index in [1.807, 2.05) is 84.1 Å². The average molecular weight is 525 g/mol. The van der Waals surface area contributed by atoms with Crippen LogP contribution >= 0.6 is 0 Å². The first kappa shape index (κ1) is 29.2. The van der Waals surface area contributed by atoms with Gasteiger partial charge in [-0.2, -0.15) is 0 Å². The number of rotatable bonds is 6. The lowest BCUT2D eigenvalue weighted by atomic mass is 9.86. The third-order valence-corrected chi connectivity index (χ3v) is 7.68. The molecular formula is C30H42N3O5+. The Morgan fingerprint density at radius 1 is 1.08 bits per heavy atom. The highest BCUT2D eigenvalue weighted by atomic mass is 16.6. The van der Waals surface area contributed by atoms with Crippen molar-refractivity contribution < 1.29 is 24.2 Å². The van der Waals surface area contributed by atoms with Crippen molar-refractivity contribution in [1.29, 1.82) is 0 Å². The van der Waals surface area contributed by atoms with Gasteiger partial charge in [-0.05, 0) is 69.9 Å². The Labute approximate surface area is 226 Å². The third kappa shape index (κ3) is 6.01. The molecule has 3 amide bonds. The third-order valence-electron chi connectivity index (χ3n) is 7.68. The number of ether oxygens (including phenoxy) is 1. The second kappa shape index (κ2) is 11.2. The SMILES string of the molecule is CCN(C(=O)O)[C@@H]1C[C@H](C)[N+](C)(C(C)=O)c2ccc(-c3ccc(CCN(C)C(=O)OC(C)(C)C)cc3)cc21. The lowest BCUT2D eigenvalue weighted by molar-refractivity contribution is -0.129. The molecule has 0 radical (unpaired) electrons. The molecule has 0 bridgehead atoms. The molecule has 0 spiro atoms. The van der Waals surface area contributed by atoms with Crippen molar-refractivity contribution in [2.75, 3.05) is 27.2 Å². The van der Waals surface area contributed by atoms with Gasteiger partial charge in [-0.25, -0.2) is 18.9 Å². The monoisotopic (exact) mass is 524 g/mol. The number of likely N-dealkylation sites (N-methyl/N-ethyl adjacent to an activating group) is 1. The van der Waals surface area contributed by atoms with Crippen LogP contribution in [0.2, 0.25) is 0 Å². The zero-order valence-corrected chi connectivity index (χ0v) is 23.9. The summed E-state index contributed by atoms with van der Waals surface area (Å²) < 4.78 is 5.57. The van der Waals surface area contributed by atoms with E-state index in [0.29, 0.717) is 25.9 Å².